The third kappa shape index (κ3) is 3.35. The van der Waals surface area contributed by atoms with Gasteiger partial charge in [-0.25, -0.2) is 0 Å². The second kappa shape index (κ2) is 6.55. The number of rotatable bonds is 7. The van der Waals surface area contributed by atoms with E-state index in [4.69, 9.17) is 15.2 Å². The second-order valence-corrected chi connectivity index (χ2v) is 6.78. The molecule has 0 saturated heterocycles. The molecule has 0 radical (unpaired) electrons. The third-order valence-electron chi connectivity index (χ3n) is 4.20. The van der Waals surface area contributed by atoms with Crippen LogP contribution < -0.4 is 15.2 Å². The molecule has 1 saturated carbocycles. The van der Waals surface area contributed by atoms with Crippen LogP contribution in [0.4, 0.5) is 0 Å². The summed E-state index contributed by atoms with van der Waals surface area (Å²) in [6.45, 7) is 5.39. The highest BCUT2D eigenvalue weighted by atomic mass is 79.9. The van der Waals surface area contributed by atoms with Crippen molar-refractivity contribution in [1.29, 1.82) is 0 Å². The Hall–Kier alpha value is -0.780. The van der Waals surface area contributed by atoms with Gasteiger partial charge >= 0.3 is 0 Å². The van der Waals surface area contributed by atoms with E-state index in [0.29, 0.717) is 13.3 Å². The van der Waals surface area contributed by atoms with Crippen molar-refractivity contribution in [2.45, 2.75) is 32.2 Å². The quantitative estimate of drug-likeness (QED) is 0.815. The van der Waals surface area contributed by atoms with Gasteiger partial charge in [-0.3, -0.25) is 4.90 Å². The number of nitrogens with two attached hydrogens (primary N) is 1. The van der Waals surface area contributed by atoms with Crippen LogP contribution in [0.1, 0.15) is 37.8 Å². The van der Waals surface area contributed by atoms with Crippen LogP contribution in [0.5, 0.6) is 11.5 Å². The minimum Gasteiger partial charge on any atom is -0.454 e. The van der Waals surface area contributed by atoms with E-state index in [9.17, 15) is 0 Å². The molecule has 5 heteroatoms. The first-order valence-electron chi connectivity index (χ1n) is 7.76. The van der Waals surface area contributed by atoms with Crippen molar-refractivity contribution in [1.82, 2.24) is 4.90 Å². The lowest BCUT2D eigenvalue weighted by molar-refractivity contribution is 0.173. The van der Waals surface area contributed by atoms with E-state index in [2.05, 4.69) is 39.9 Å². The van der Waals surface area contributed by atoms with Gasteiger partial charge in [-0.15, -0.1) is 0 Å². The van der Waals surface area contributed by atoms with Crippen molar-refractivity contribution in [3.05, 3.63) is 22.2 Å². The fourth-order valence-corrected chi connectivity index (χ4v) is 3.54. The van der Waals surface area contributed by atoms with Crippen LogP contribution in [0, 0.1) is 5.92 Å². The zero-order valence-electron chi connectivity index (χ0n) is 12.5. The molecule has 0 amide bonds. The Kier molecular flexibility index (Phi) is 4.72. The van der Waals surface area contributed by atoms with Gasteiger partial charge in [0.25, 0.3) is 0 Å². The lowest BCUT2D eigenvalue weighted by Gasteiger charge is -2.31. The summed E-state index contributed by atoms with van der Waals surface area (Å²) in [5.74, 6) is 2.49. The molecule has 1 aromatic rings. The Morgan fingerprint density at radius 2 is 2.19 bits per heavy atom. The maximum absolute atomic E-state index is 6.10. The van der Waals surface area contributed by atoms with Crippen LogP contribution in [0.3, 0.4) is 0 Å². The molecular weight excluding hydrogens is 332 g/mol. The summed E-state index contributed by atoms with van der Waals surface area (Å²) in [6.07, 6.45) is 3.87. The molecule has 21 heavy (non-hydrogen) atoms. The number of halogens is 1. The molecule has 1 fully saturated rings. The molecule has 3 rings (SSSR count). The third-order valence-corrected chi connectivity index (χ3v) is 4.79. The molecule has 1 unspecified atom stereocenters. The molecule has 0 aromatic heterocycles. The number of benzene rings is 1. The molecular formula is C16H23BrN2O2. The Labute approximate surface area is 134 Å². The zero-order valence-corrected chi connectivity index (χ0v) is 14.1. The van der Waals surface area contributed by atoms with Crippen LogP contribution >= 0.6 is 15.9 Å². The van der Waals surface area contributed by atoms with Gasteiger partial charge in [0.05, 0.1) is 4.47 Å². The molecule has 1 heterocycles. The van der Waals surface area contributed by atoms with Gasteiger partial charge in [-0.1, -0.05) is 6.92 Å². The molecule has 0 bridgehead atoms. The Morgan fingerprint density at radius 1 is 1.38 bits per heavy atom. The topological polar surface area (TPSA) is 47.7 Å². The molecule has 2 aliphatic rings. The van der Waals surface area contributed by atoms with Crippen molar-refractivity contribution < 1.29 is 9.47 Å². The van der Waals surface area contributed by atoms with Crippen LogP contribution in [-0.2, 0) is 0 Å². The van der Waals surface area contributed by atoms with Crippen LogP contribution in [0.25, 0.3) is 0 Å². The Morgan fingerprint density at radius 3 is 2.86 bits per heavy atom. The second-order valence-electron chi connectivity index (χ2n) is 5.93. The van der Waals surface area contributed by atoms with Gasteiger partial charge < -0.3 is 15.2 Å². The van der Waals surface area contributed by atoms with Crippen molar-refractivity contribution in [3.63, 3.8) is 0 Å². The van der Waals surface area contributed by atoms with Gasteiger partial charge in [0.15, 0.2) is 11.5 Å². The van der Waals surface area contributed by atoms with E-state index in [0.717, 1.165) is 41.4 Å². The molecule has 1 atom stereocenters. The summed E-state index contributed by atoms with van der Waals surface area (Å²) in [6, 6.07) is 4.46. The van der Waals surface area contributed by atoms with Crippen LogP contribution in [0.2, 0.25) is 0 Å². The molecule has 116 valence electrons. The molecule has 1 aliphatic heterocycles. The van der Waals surface area contributed by atoms with E-state index in [-0.39, 0.29) is 6.04 Å². The molecule has 1 aliphatic carbocycles. The van der Waals surface area contributed by atoms with Crippen molar-refractivity contribution in [2.75, 3.05) is 26.4 Å². The van der Waals surface area contributed by atoms with Gasteiger partial charge in [0.2, 0.25) is 6.79 Å². The van der Waals surface area contributed by atoms with Crippen molar-refractivity contribution >= 4 is 15.9 Å². The fraction of sp³-hybridized carbons (Fsp3) is 0.625. The molecule has 1 aromatic carbocycles. The van der Waals surface area contributed by atoms with Crippen LogP contribution in [-0.4, -0.2) is 31.3 Å². The number of fused-ring (bicyclic) bond motifs is 1. The lowest BCUT2D eigenvalue weighted by atomic mass is 10.0. The van der Waals surface area contributed by atoms with E-state index < -0.39 is 0 Å². The van der Waals surface area contributed by atoms with Crippen molar-refractivity contribution in [2.24, 2.45) is 11.7 Å². The molecule has 4 nitrogen and oxygen atoms in total. The lowest BCUT2D eigenvalue weighted by Crippen LogP contribution is -2.36. The van der Waals surface area contributed by atoms with Gasteiger partial charge in [0.1, 0.15) is 0 Å². The largest absolute Gasteiger partial charge is 0.454 e. The van der Waals surface area contributed by atoms with E-state index in [1.807, 2.05) is 0 Å². The fourth-order valence-electron chi connectivity index (χ4n) is 2.97. The van der Waals surface area contributed by atoms with E-state index in [1.165, 1.54) is 18.4 Å². The predicted molar refractivity (Wildman–Crippen MR) is 86.6 cm³/mol. The highest BCUT2D eigenvalue weighted by Gasteiger charge is 2.29. The Balaban J connectivity index is 1.85. The minimum absolute atomic E-state index is 0.247. The summed E-state index contributed by atoms with van der Waals surface area (Å²) >= 11 is 3.58. The molecule has 2 N–H and O–H groups in total. The SMILES string of the molecule is CCCN(CC1CC1)C(CN)c1cc(Br)c2c(c1)OCO2. The smallest absolute Gasteiger partial charge is 0.231 e. The highest BCUT2D eigenvalue weighted by molar-refractivity contribution is 9.10. The van der Waals surface area contributed by atoms with Gasteiger partial charge in [-0.2, -0.15) is 0 Å². The first kappa shape index (κ1) is 15.1. The standard InChI is InChI=1S/C16H23BrN2O2/c1-2-5-19(9-11-3-4-11)14(8-18)12-6-13(17)16-15(7-12)20-10-21-16/h6-7,11,14H,2-5,8-10,18H2,1H3. The van der Waals surface area contributed by atoms with Gasteiger partial charge in [0, 0.05) is 19.1 Å². The normalized spacial score (nSPS) is 18.3. The first-order valence-corrected chi connectivity index (χ1v) is 8.55. The summed E-state index contributed by atoms with van der Waals surface area (Å²) < 4.78 is 12.0. The Bertz CT molecular complexity index is 505. The average Bonchev–Trinajstić information content (AvgIpc) is 3.14. The summed E-state index contributed by atoms with van der Waals surface area (Å²) in [7, 11) is 0. The van der Waals surface area contributed by atoms with Crippen molar-refractivity contribution in [3.8, 4) is 11.5 Å². The molecule has 0 spiro atoms. The number of hydrogen-bond acceptors (Lipinski definition) is 4. The maximum Gasteiger partial charge on any atom is 0.231 e. The summed E-state index contributed by atoms with van der Waals surface area (Å²) in [5.41, 5.74) is 7.31. The highest BCUT2D eigenvalue weighted by Crippen LogP contribution is 2.42. The number of nitrogens with zero attached hydrogens (tertiary/aromatic N) is 1. The minimum atomic E-state index is 0.247. The van der Waals surface area contributed by atoms with E-state index >= 15 is 0 Å². The maximum atomic E-state index is 6.10. The number of hydrogen-bond donors (Lipinski definition) is 1. The first-order chi connectivity index (χ1) is 10.2. The average molecular weight is 355 g/mol. The zero-order chi connectivity index (χ0) is 14.8. The summed E-state index contributed by atoms with van der Waals surface area (Å²) in [5, 5.41) is 0. The monoisotopic (exact) mass is 354 g/mol. The van der Waals surface area contributed by atoms with E-state index in [1.54, 1.807) is 0 Å². The van der Waals surface area contributed by atoms with Crippen LogP contribution in [0.15, 0.2) is 16.6 Å². The number of ether oxygens (including phenoxy) is 2. The van der Waals surface area contributed by atoms with Gasteiger partial charge in [-0.05, 0) is 65.4 Å². The summed E-state index contributed by atoms with van der Waals surface area (Å²) in [4.78, 5) is 2.53. The predicted octanol–water partition coefficient (Wildman–Crippen LogP) is 3.30.